The lowest BCUT2D eigenvalue weighted by atomic mass is 9.80. The van der Waals surface area contributed by atoms with Crippen LogP contribution in [0.3, 0.4) is 0 Å². The molecule has 4 nitrogen and oxygen atoms in total. The number of hydrogen-bond acceptors (Lipinski definition) is 3. The van der Waals surface area contributed by atoms with Crippen molar-refractivity contribution < 1.29 is 9.53 Å². The Labute approximate surface area is 121 Å². The van der Waals surface area contributed by atoms with E-state index in [9.17, 15) is 10.1 Å². The lowest BCUT2D eigenvalue weighted by Gasteiger charge is -2.30. The fraction of sp³-hybridized carbons (Fsp3) is 0.875. The summed E-state index contributed by atoms with van der Waals surface area (Å²) in [6, 6.07) is 2.22. The summed E-state index contributed by atoms with van der Waals surface area (Å²) in [5, 5.41) is 12.3. The van der Waals surface area contributed by atoms with E-state index in [1.807, 2.05) is 0 Å². The third kappa shape index (κ3) is 3.73. The Balaban J connectivity index is 1.73. The first-order valence-electron chi connectivity index (χ1n) is 7.93. The first-order valence-corrected chi connectivity index (χ1v) is 7.93. The molecular formula is C16H26N2O2. The molecular weight excluding hydrogens is 252 g/mol. The Morgan fingerprint density at radius 3 is 2.55 bits per heavy atom. The summed E-state index contributed by atoms with van der Waals surface area (Å²) >= 11 is 0. The minimum atomic E-state index is -0.848. The second-order valence-corrected chi connectivity index (χ2v) is 6.48. The number of nitriles is 1. The third-order valence-electron chi connectivity index (χ3n) is 4.97. The molecule has 1 heterocycles. The fourth-order valence-corrected chi connectivity index (χ4v) is 3.29. The van der Waals surface area contributed by atoms with E-state index in [1.165, 1.54) is 25.7 Å². The highest BCUT2D eigenvalue weighted by molar-refractivity contribution is 5.85. The minimum absolute atomic E-state index is 0.0903. The molecule has 4 heteroatoms. The smallest absolute Gasteiger partial charge is 0.240 e. The van der Waals surface area contributed by atoms with E-state index in [0.717, 1.165) is 18.3 Å². The highest BCUT2D eigenvalue weighted by Crippen LogP contribution is 2.31. The highest BCUT2D eigenvalue weighted by Gasteiger charge is 2.40. The van der Waals surface area contributed by atoms with Gasteiger partial charge in [-0.05, 0) is 31.1 Å². The molecule has 0 atom stereocenters. The molecule has 1 saturated heterocycles. The van der Waals surface area contributed by atoms with Crippen molar-refractivity contribution in [3.05, 3.63) is 0 Å². The van der Waals surface area contributed by atoms with Gasteiger partial charge < -0.3 is 10.1 Å². The zero-order valence-electron chi connectivity index (χ0n) is 12.5. The molecule has 20 heavy (non-hydrogen) atoms. The molecule has 1 aliphatic heterocycles. The molecule has 0 aromatic rings. The zero-order chi connectivity index (χ0) is 14.4. The number of amides is 1. The number of ether oxygens (including phenoxy) is 1. The molecule has 1 amide bonds. The van der Waals surface area contributed by atoms with Gasteiger partial charge >= 0.3 is 0 Å². The maximum atomic E-state index is 12.3. The van der Waals surface area contributed by atoms with E-state index in [-0.39, 0.29) is 5.91 Å². The quantitative estimate of drug-likeness (QED) is 0.860. The highest BCUT2D eigenvalue weighted by atomic mass is 16.5. The van der Waals surface area contributed by atoms with Crippen molar-refractivity contribution in [2.24, 2.45) is 17.3 Å². The van der Waals surface area contributed by atoms with Gasteiger partial charge in [0.05, 0.1) is 6.07 Å². The Morgan fingerprint density at radius 2 is 1.95 bits per heavy atom. The van der Waals surface area contributed by atoms with Gasteiger partial charge in [0.2, 0.25) is 5.91 Å². The molecule has 2 rings (SSSR count). The molecule has 0 aromatic heterocycles. The van der Waals surface area contributed by atoms with Gasteiger partial charge in [0, 0.05) is 19.8 Å². The lowest BCUT2D eigenvalue weighted by Crippen LogP contribution is -2.44. The van der Waals surface area contributed by atoms with Gasteiger partial charge in [0.25, 0.3) is 0 Å². The first-order chi connectivity index (χ1) is 9.66. The van der Waals surface area contributed by atoms with Gasteiger partial charge in [-0.3, -0.25) is 4.79 Å². The molecule has 0 aromatic carbocycles. The molecule has 1 N–H and O–H groups in total. The van der Waals surface area contributed by atoms with Crippen LogP contribution in [0.4, 0.5) is 0 Å². The predicted octanol–water partition coefficient (Wildman–Crippen LogP) is 2.64. The topological polar surface area (TPSA) is 62.1 Å². The molecule has 2 fully saturated rings. The maximum absolute atomic E-state index is 12.3. The summed E-state index contributed by atoms with van der Waals surface area (Å²) in [6.07, 6.45) is 7.31. The molecule has 112 valence electrons. The van der Waals surface area contributed by atoms with Crippen LogP contribution >= 0.6 is 0 Å². The van der Waals surface area contributed by atoms with Gasteiger partial charge in [-0.25, -0.2) is 0 Å². The summed E-state index contributed by atoms with van der Waals surface area (Å²) < 4.78 is 5.26. The van der Waals surface area contributed by atoms with Crippen LogP contribution in [0.5, 0.6) is 0 Å². The van der Waals surface area contributed by atoms with E-state index >= 15 is 0 Å². The largest absolute Gasteiger partial charge is 0.381 e. The van der Waals surface area contributed by atoms with Gasteiger partial charge in [-0.2, -0.15) is 5.26 Å². The molecule has 0 unspecified atom stereocenters. The van der Waals surface area contributed by atoms with Crippen LogP contribution in [-0.4, -0.2) is 25.7 Å². The molecule has 0 bridgehead atoms. The van der Waals surface area contributed by atoms with Crippen LogP contribution in [0.25, 0.3) is 0 Å². The van der Waals surface area contributed by atoms with Crippen molar-refractivity contribution in [1.29, 1.82) is 5.26 Å². The number of hydrogen-bond donors (Lipinski definition) is 1. The number of nitrogens with zero attached hydrogens (tertiary/aromatic N) is 1. The average Bonchev–Trinajstić information content (AvgIpc) is 2.50. The SMILES string of the molecule is CC1CCC(CCNC(=O)C2(C#N)CCOCC2)CC1. The van der Waals surface area contributed by atoms with Gasteiger partial charge in [0.15, 0.2) is 0 Å². The van der Waals surface area contributed by atoms with Crippen LogP contribution < -0.4 is 5.32 Å². The summed E-state index contributed by atoms with van der Waals surface area (Å²) in [5.74, 6) is 1.52. The summed E-state index contributed by atoms with van der Waals surface area (Å²) in [4.78, 5) is 12.3. The average molecular weight is 278 g/mol. The van der Waals surface area contributed by atoms with E-state index in [4.69, 9.17) is 4.74 Å². The molecule has 0 spiro atoms. The normalized spacial score (nSPS) is 29.4. The molecule has 1 aliphatic carbocycles. The third-order valence-corrected chi connectivity index (χ3v) is 4.97. The second-order valence-electron chi connectivity index (χ2n) is 6.48. The Kier molecular flexibility index (Phi) is 5.42. The number of carbonyl (C=O) groups is 1. The molecule has 0 radical (unpaired) electrons. The van der Waals surface area contributed by atoms with E-state index in [1.54, 1.807) is 0 Å². The maximum Gasteiger partial charge on any atom is 0.240 e. The summed E-state index contributed by atoms with van der Waals surface area (Å²) in [5.41, 5.74) is -0.848. The minimum Gasteiger partial charge on any atom is -0.381 e. The predicted molar refractivity (Wildman–Crippen MR) is 76.8 cm³/mol. The Hall–Kier alpha value is -1.08. The first kappa shape index (κ1) is 15.3. The van der Waals surface area contributed by atoms with Crippen molar-refractivity contribution in [2.75, 3.05) is 19.8 Å². The van der Waals surface area contributed by atoms with E-state index in [2.05, 4.69) is 18.3 Å². The van der Waals surface area contributed by atoms with Crippen molar-refractivity contribution in [3.63, 3.8) is 0 Å². The lowest BCUT2D eigenvalue weighted by molar-refractivity contribution is -0.132. The molecule has 2 aliphatic rings. The van der Waals surface area contributed by atoms with Crippen LogP contribution in [0.1, 0.15) is 51.9 Å². The standard InChI is InChI=1S/C16H26N2O2/c1-13-2-4-14(5-3-13)6-9-18-15(19)16(12-17)7-10-20-11-8-16/h13-14H,2-11H2,1H3,(H,18,19). The van der Waals surface area contributed by atoms with Crippen LogP contribution in [0.15, 0.2) is 0 Å². The van der Waals surface area contributed by atoms with E-state index < -0.39 is 5.41 Å². The van der Waals surface area contributed by atoms with Crippen LogP contribution in [0.2, 0.25) is 0 Å². The molecule has 1 saturated carbocycles. The van der Waals surface area contributed by atoms with Crippen molar-refractivity contribution in [2.45, 2.75) is 51.9 Å². The zero-order valence-corrected chi connectivity index (χ0v) is 12.5. The van der Waals surface area contributed by atoms with E-state index in [0.29, 0.717) is 32.6 Å². The fourth-order valence-electron chi connectivity index (χ4n) is 3.29. The number of carbonyl (C=O) groups excluding carboxylic acids is 1. The van der Waals surface area contributed by atoms with Crippen molar-refractivity contribution in [1.82, 2.24) is 5.32 Å². The summed E-state index contributed by atoms with van der Waals surface area (Å²) in [7, 11) is 0. The Bertz CT molecular complexity index is 361. The Morgan fingerprint density at radius 1 is 1.30 bits per heavy atom. The van der Waals surface area contributed by atoms with Gasteiger partial charge in [0.1, 0.15) is 5.41 Å². The van der Waals surface area contributed by atoms with Crippen molar-refractivity contribution >= 4 is 5.91 Å². The van der Waals surface area contributed by atoms with Crippen LogP contribution in [0, 0.1) is 28.6 Å². The second kappa shape index (κ2) is 7.08. The summed E-state index contributed by atoms with van der Waals surface area (Å²) in [6.45, 7) is 4.06. The van der Waals surface area contributed by atoms with Gasteiger partial charge in [-0.1, -0.05) is 32.6 Å². The van der Waals surface area contributed by atoms with Crippen LogP contribution in [-0.2, 0) is 9.53 Å². The van der Waals surface area contributed by atoms with Crippen molar-refractivity contribution in [3.8, 4) is 6.07 Å². The number of rotatable bonds is 4. The number of nitrogens with one attached hydrogen (secondary N) is 1. The van der Waals surface area contributed by atoms with Gasteiger partial charge in [-0.15, -0.1) is 0 Å². The monoisotopic (exact) mass is 278 g/mol.